The van der Waals surface area contributed by atoms with Crippen molar-refractivity contribution in [1.82, 2.24) is 5.32 Å². The van der Waals surface area contributed by atoms with Crippen LogP contribution >= 0.6 is 0 Å². The van der Waals surface area contributed by atoms with E-state index in [9.17, 15) is 0 Å². The Balaban J connectivity index is 2.12. The fourth-order valence-electron chi connectivity index (χ4n) is 4.01. The third-order valence-corrected chi connectivity index (χ3v) is 4.79. The molecule has 1 saturated heterocycles. The van der Waals surface area contributed by atoms with Gasteiger partial charge in [-0.2, -0.15) is 0 Å². The zero-order valence-electron chi connectivity index (χ0n) is 12.7. The summed E-state index contributed by atoms with van der Waals surface area (Å²) in [7, 11) is 0. The van der Waals surface area contributed by atoms with Gasteiger partial charge in [-0.15, -0.1) is 0 Å². The van der Waals surface area contributed by atoms with Gasteiger partial charge in [-0.1, -0.05) is 26.2 Å². The monoisotopic (exact) mass is 269 g/mol. The minimum absolute atomic E-state index is 0.0639. The average molecular weight is 269 g/mol. The number of hydrogen-bond acceptors (Lipinski definition) is 3. The molecule has 2 atom stereocenters. The highest BCUT2D eigenvalue weighted by molar-refractivity contribution is 4.99. The Morgan fingerprint density at radius 2 is 2.00 bits per heavy atom. The third kappa shape index (κ3) is 3.71. The molecule has 1 saturated carbocycles. The minimum Gasteiger partial charge on any atom is -0.381 e. The molecule has 19 heavy (non-hydrogen) atoms. The van der Waals surface area contributed by atoms with Gasteiger partial charge in [-0.3, -0.25) is 0 Å². The van der Waals surface area contributed by atoms with Gasteiger partial charge < -0.3 is 14.8 Å². The van der Waals surface area contributed by atoms with Crippen molar-refractivity contribution in [2.24, 2.45) is 5.92 Å². The number of nitrogens with one attached hydrogen (secondary N) is 1. The number of likely N-dealkylation sites (N-methyl/N-ethyl adjacent to an activating group) is 1. The van der Waals surface area contributed by atoms with Gasteiger partial charge in [0.25, 0.3) is 0 Å². The Morgan fingerprint density at radius 1 is 1.21 bits per heavy atom. The summed E-state index contributed by atoms with van der Waals surface area (Å²) in [5.74, 6) is 0.623. The maximum absolute atomic E-state index is 6.32. The van der Waals surface area contributed by atoms with Crippen LogP contribution in [0.2, 0.25) is 0 Å². The quantitative estimate of drug-likeness (QED) is 0.803. The predicted molar refractivity (Wildman–Crippen MR) is 78.4 cm³/mol. The van der Waals surface area contributed by atoms with Crippen LogP contribution < -0.4 is 5.32 Å². The zero-order chi connectivity index (χ0) is 13.6. The van der Waals surface area contributed by atoms with Crippen molar-refractivity contribution in [3.05, 3.63) is 0 Å². The molecule has 0 radical (unpaired) electrons. The van der Waals surface area contributed by atoms with Crippen LogP contribution in [0.25, 0.3) is 0 Å². The van der Waals surface area contributed by atoms with Crippen LogP contribution in [0.4, 0.5) is 0 Å². The first-order chi connectivity index (χ1) is 9.32. The van der Waals surface area contributed by atoms with E-state index < -0.39 is 0 Å². The number of hydrogen-bond donors (Lipinski definition) is 1. The largest absolute Gasteiger partial charge is 0.381 e. The minimum atomic E-state index is 0.0639. The zero-order valence-corrected chi connectivity index (χ0v) is 12.7. The first-order valence-electron chi connectivity index (χ1n) is 8.27. The number of rotatable bonds is 6. The molecule has 0 amide bonds. The Kier molecular flexibility index (Phi) is 6.11. The lowest BCUT2D eigenvalue weighted by Gasteiger charge is -2.47. The maximum atomic E-state index is 6.32. The van der Waals surface area contributed by atoms with Gasteiger partial charge in [-0.25, -0.2) is 0 Å². The second-order valence-electron chi connectivity index (χ2n) is 6.07. The molecule has 2 rings (SSSR count). The van der Waals surface area contributed by atoms with Gasteiger partial charge in [0, 0.05) is 25.2 Å². The van der Waals surface area contributed by atoms with Crippen molar-refractivity contribution in [1.29, 1.82) is 0 Å². The topological polar surface area (TPSA) is 30.5 Å². The molecular formula is C16H31NO2. The van der Waals surface area contributed by atoms with Crippen LogP contribution in [-0.4, -0.2) is 38.0 Å². The molecule has 0 aromatic carbocycles. The van der Waals surface area contributed by atoms with E-state index in [1.165, 1.54) is 44.9 Å². The fourth-order valence-corrected chi connectivity index (χ4v) is 4.01. The summed E-state index contributed by atoms with van der Waals surface area (Å²) in [4.78, 5) is 0. The summed E-state index contributed by atoms with van der Waals surface area (Å²) >= 11 is 0. The molecule has 1 aliphatic carbocycles. The molecule has 3 heteroatoms. The molecule has 3 nitrogen and oxygen atoms in total. The van der Waals surface area contributed by atoms with Crippen molar-refractivity contribution < 1.29 is 9.47 Å². The van der Waals surface area contributed by atoms with Crippen LogP contribution in [0.15, 0.2) is 0 Å². The van der Waals surface area contributed by atoms with Gasteiger partial charge in [0.05, 0.1) is 12.2 Å². The molecule has 0 spiro atoms. The van der Waals surface area contributed by atoms with Gasteiger partial charge >= 0.3 is 0 Å². The molecular weight excluding hydrogens is 238 g/mol. The van der Waals surface area contributed by atoms with Gasteiger partial charge in [0.15, 0.2) is 0 Å². The van der Waals surface area contributed by atoms with Crippen molar-refractivity contribution >= 4 is 0 Å². The summed E-state index contributed by atoms with van der Waals surface area (Å²) in [6.45, 7) is 8.05. The molecule has 1 aliphatic heterocycles. The molecule has 2 aliphatic rings. The predicted octanol–water partition coefficient (Wildman–Crippen LogP) is 3.13. The van der Waals surface area contributed by atoms with Crippen LogP contribution in [0.3, 0.4) is 0 Å². The summed E-state index contributed by atoms with van der Waals surface area (Å²) in [5, 5.41) is 3.74. The Bertz CT molecular complexity index is 240. The van der Waals surface area contributed by atoms with Crippen LogP contribution in [-0.2, 0) is 9.47 Å². The summed E-state index contributed by atoms with van der Waals surface area (Å²) in [6.07, 6.45) is 8.92. The van der Waals surface area contributed by atoms with Gasteiger partial charge in [0.2, 0.25) is 0 Å². The molecule has 112 valence electrons. The van der Waals surface area contributed by atoms with E-state index >= 15 is 0 Å². The van der Waals surface area contributed by atoms with E-state index in [2.05, 4.69) is 19.2 Å². The SMILES string of the molecule is CCNC(C1CCCOC1)C1(OCC)CCCCC1. The Hall–Kier alpha value is -0.120. The highest BCUT2D eigenvalue weighted by atomic mass is 16.5. The Morgan fingerprint density at radius 3 is 2.58 bits per heavy atom. The molecule has 1 N–H and O–H groups in total. The smallest absolute Gasteiger partial charge is 0.0838 e. The van der Waals surface area contributed by atoms with Crippen molar-refractivity contribution in [3.63, 3.8) is 0 Å². The fraction of sp³-hybridized carbons (Fsp3) is 1.00. The molecule has 2 fully saturated rings. The summed E-state index contributed by atoms with van der Waals surface area (Å²) < 4.78 is 12.0. The van der Waals surface area contributed by atoms with E-state index in [1.807, 2.05) is 0 Å². The number of ether oxygens (including phenoxy) is 2. The average Bonchev–Trinajstić information content (AvgIpc) is 2.47. The van der Waals surface area contributed by atoms with E-state index in [-0.39, 0.29) is 5.60 Å². The summed E-state index contributed by atoms with van der Waals surface area (Å²) in [6, 6.07) is 0.470. The lowest BCUT2D eigenvalue weighted by Crippen LogP contribution is -2.58. The second-order valence-corrected chi connectivity index (χ2v) is 6.07. The van der Waals surface area contributed by atoms with E-state index in [4.69, 9.17) is 9.47 Å². The lowest BCUT2D eigenvalue weighted by atomic mass is 9.73. The lowest BCUT2D eigenvalue weighted by molar-refractivity contribution is -0.115. The van der Waals surface area contributed by atoms with E-state index in [0.717, 1.165) is 26.4 Å². The van der Waals surface area contributed by atoms with Crippen LogP contribution in [0.1, 0.15) is 58.8 Å². The van der Waals surface area contributed by atoms with Crippen molar-refractivity contribution in [2.75, 3.05) is 26.4 Å². The first-order valence-corrected chi connectivity index (χ1v) is 8.27. The molecule has 1 heterocycles. The second kappa shape index (κ2) is 7.61. The Labute approximate surface area is 118 Å². The van der Waals surface area contributed by atoms with E-state index in [1.54, 1.807) is 0 Å². The first kappa shape index (κ1) is 15.3. The molecule has 0 aromatic heterocycles. The molecule has 0 bridgehead atoms. The van der Waals surface area contributed by atoms with Crippen molar-refractivity contribution in [3.8, 4) is 0 Å². The molecule has 0 aromatic rings. The van der Waals surface area contributed by atoms with Crippen LogP contribution in [0.5, 0.6) is 0 Å². The highest BCUT2D eigenvalue weighted by Gasteiger charge is 2.44. The van der Waals surface area contributed by atoms with Crippen LogP contribution in [0, 0.1) is 5.92 Å². The van der Waals surface area contributed by atoms with Gasteiger partial charge in [0.1, 0.15) is 0 Å². The highest BCUT2D eigenvalue weighted by Crippen LogP contribution is 2.39. The van der Waals surface area contributed by atoms with Crippen molar-refractivity contribution in [2.45, 2.75) is 70.4 Å². The maximum Gasteiger partial charge on any atom is 0.0838 e. The third-order valence-electron chi connectivity index (χ3n) is 4.79. The standard InChI is InChI=1S/C16H31NO2/c1-3-17-15(14-9-8-12-18-13-14)16(19-4-2)10-6-5-7-11-16/h14-15,17H,3-13H2,1-2H3. The summed E-state index contributed by atoms with van der Waals surface area (Å²) in [5.41, 5.74) is 0.0639. The van der Waals surface area contributed by atoms with Gasteiger partial charge in [-0.05, 0) is 39.2 Å². The normalized spacial score (nSPS) is 29.1. The molecule has 2 unspecified atom stereocenters. The van der Waals surface area contributed by atoms with E-state index in [0.29, 0.717) is 12.0 Å².